The number of rotatable bonds is 4. The van der Waals surface area contributed by atoms with Gasteiger partial charge in [0.1, 0.15) is 0 Å². The number of carbonyl (C=O) groups excluding carboxylic acids is 1. The van der Waals surface area contributed by atoms with Crippen LogP contribution in [0.2, 0.25) is 0 Å². The van der Waals surface area contributed by atoms with E-state index in [0.29, 0.717) is 5.75 Å². The molecule has 0 saturated carbocycles. The molecule has 0 aromatic rings. The van der Waals surface area contributed by atoms with Crippen LogP contribution in [0.15, 0.2) is 0 Å². The Kier molecular flexibility index (Phi) is 5.32. The van der Waals surface area contributed by atoms with Gasteiger partial charge in [0.15, 0.2) is 0 Å². The van der Waals surface area contributed by atoms with Crippen LogP contribution in [-0.4, -0.2) is 23.7 Å². The Bertz CT molecular complexity index is 130. The van der Waals surface area contributed by atoms with Crippen molar-refractivity contribution in [3.8, 4) is 0 Å². The monoisotopic (exact) mass is 176 g/mol. The summed E-state index contributed by atoms with van der Waals surface area (Å²) in [5.74, 6) is 0.275. The number of thiol groups is 1. The van der Waals surface area contributed by atoms with Crippen molar-refractivity contribution in [2.24, 2.45) is 5.73 Å². The van der Waals surface area contributed by atoms with Crippen molar-refractivity contribution in [1.29, 1.82) is 0 Å². The highest BCUT2D eigenvalue weighted by molar-refractivity contribution is 7.80. The van der Waals surface area contributed by atoms with Gasteiger partial charge in [-0.2, -0.15) is 12.6 Å². The fourth-order valence-electron chi connectivity index (χ4n) is 0.535. The molecule has 11 heavy (non-hydrogen) atoms. The Morgan fingerprint density at radius 2 is 2.27 bits per heavy atom. The van der Waals surface area contributed by atoms with Crippen molar-refractivity contribution >= 4 is 18.5 Å². The lowest BCUT2D eigenvalue weighted by molar-refractivity contribution is -0.122. The minimum Gasteiger partial charge on any atom is -0.352 e. The molecular formula is C7H16N2OS. The van der Waals surface area contributed by atoms with E-state index < -0.39 is 6.04 Å². The summed E-state index contributed by atoms with van der Waals surface area (Å²) >= 11 is 3.92. The second-order valence-corrected chi connectivity index (χ2v) is 2.97. The van der Waals surface area contributed by atoms with Gasteiger partial charge in [0.25, 0.3) is 0 Å². The molecule has 0 radical (unpaired) electrons. The number of nitrogens with two attached hydrogens (primary N) is 1. The van der Waals surface area contributed by atoms with E-state index in [1.54, 1.807) is 0 Å². The topological polar surface area (TPSA) is 55.1 Å². The first kappa shape index (κ1) is 10.8. The van der Waals surface area contributed by atoms with Gasteiger partial charge in [-0.25, -0.2) is 0 Å². The van der Waals surface area contributed by atoms with E-state index in [1.807, 2.05) is 13.8 Å². The van der Waals surface area contributed by atoms with Crippen LogP contribution in [0.1, 0.15) is 20.3 Å². The summed E-state index contributed by atoms with van der Waals surface area (Å²) in [4.78, 5) is 11.1. The van der Waals surface area contributed by atoms with E-state index in [-0.39, 0.29) is 11.9 Å². The van der Waals surface area contributed by atoms with Gasteiger partial charge in [0.05, 0.1) is 6.04 Å². The van der Waals surface area contributed by atoms with Gasteiger partial charge in [0.2, 0.25) is 5.91 Å². The van der Waals surface area contributed by atoms with Gasteiger partial charge in [-0.3, -0.25) is 4.79 Å². The van der Waals surface area contributed by atoms with Crippen molar-refractivity contribution in [3.05, 3.63) is 0 Å². The summed E-state index contributed by atoms with van der Waals surface area (Å²) in [5, 5.41) is 2.77. The van der Waals surface area contributed by atoms with Gasteiger partial charge >= 0.3 is 0 Å². The Morgan fingerprint density at radius 3 is 2.64 bits per heavy atom. The van der Waals surface area contributed by atoms with Crippen molar-refractivity contribution in [2.75, 3.05) is 5.75 Å². The second kappa shape index (κ2) is 5.43. The molecule has 0 spiro atoms. The van der Waals surface area contributed by atoms with Crippen molar-refractivity contribution < 1.29 is 4.79 Å². The Morgan fingerprint density at radius 1 is 1.73 bits per heavy atom. The fraction of sp³-hybridized carbons (Fsp3) is 0.857. The zero-order valence-electron chi connectivity index (χ0n) is 7.00. The third-order valence-electron chi connectivity index (χ3n) is 1.53. The molecule has 4 heteroatoms. The average Bonchev–Trinajstić information content (AvgIpc) is 2.02. The van der Waals surface area contributed by atoms with Crippen molar-refractivity contribution in [2.45, 2.75) is 32.4 Å². The molecule has 66 valence electrons. The Hall–Kier alpha value is -0.220. The molecule has 2 unspecified atom stereocenters. The van der Waals surface area contributed by atoms with Crippen LogP contribution in [0.5, 0.6) is 0 Å². The van der Waals surface area contributed by atoms with Gasteiger partial charge in [-0.1, -0.05) is 6.92 Å². The maximum Gasteiger partial charge on any atom is 0.237 e. The van der Waals surface area contributed by atoms with Crippen LogP contribution < -0.4 is 11.1 Å². The minimum atomic E-state index is -0.479. The predicted molar refractivity (Wildman–Crippen MR) is 49.7 cm³/mol. The molecular weight excluding hydrogens is 160 g/mol. The molecule has 0 aliphatic carbocycles. The molecule has 0 rings (SSSR count). The average molecular weight is 176 g/mol. The second-order valence-electron chi connectivity index (χ2n) is 2.61. The van der Waals surface area contributed by atoms with E-state index in [1.165, 1.54) is 0 Å². The zero-order chi connectivity index (χ0) is 8.85. The first-order chi connectivity index (χ1) is 5.11. The van der Waals surface area contributed by atoms with Crippen LogP contribution >= 0.6 is 12.6 Å². The maximum atomic E-state index is 11.1. The van der Waals surface area contributed by atoms with E-state index in [0.717, 1.165) is 6.42 Å². The largest absolute Gasteiger partial charge is 0.352 e. The molecule has 0 aliphatic heterocycles. The molecule has 2 atom stereocenters. The van der Waals surface area contributed by atoms with E-state index >= 15 is 0 Å². The number of hydrogen-bond acceptors (Lipinski definition) is 3. The predicted octanol–water partition coefficient (Wildman–Crippen LogP) is 0.158. The molecule has 0 aromatic carbocycles. The molecule has 0 aromatic heterocycles. The first-order valence-corrected chi connectivity index (χ1v) is 4.41. The lowest BCUT2D eigenvalue weighted by atomic mass is 10.2. The SMILES string of the molecule is CCC(C)NC(=O)C(N)CS. The van der Waals surface area contributed by atoms with Crippen LogP contribution in [0.25, 0.3) is 0 Å². The highest BCUT2D eigenvalue weighted by Gasteiger charge is 2.12. The molecule has 0 aliphatic rings. The summed E-state index contributed by atoms with van der Waals surface area (Å²) in [5.41, 5.74) is 5.43. The minimum absolute atomic E-state index is 0.116. The van der Waals surface area contributed by atoms with Gasteiger partial charge in [-0.05, 0) is 13.3 Å². The summed E-state index contributed by atoms with van der Waals surface area (Å²) in [6.07, 6.45) is 0.922. The van der Waals surface area contributed by atoms with Crippen molar-refractivity contribution in [3.63, 3.8) is 0 Å². The van der Waals surface area contributed by atoms with E-state index in [4.69, 9.17) is 5.73 Å². The molecule has 0 saturated heterocycles. The van der Waals surface area contributed by atoms with Gasteiger partial charge in [0, 0.05) is 11.8 Å². The highest BCUT2D eigenvalue weighted by atomic mass is 32.1. The summed E-state index contributed by atoms with van der Waals surface area (Å²) in [6, 6.07) is -0.277. The molecule has 1 amide bonds. The zero-order valence-corrected chi connectivity index (χ0v) is 7.90. The third-order valence-corrected chi connectivity index (χ3v) is 1.93. The number of amides is 1. The highest BCUT2D eigenvalue weighted by Crippen LogP contribution is 1.90. The summed E-state index contributed by atoms with van der Waals surface area (Å²) < 4.78 is 0. The van der Waals surface area contributed by atoms with Gasteiger partial charge < -0.3 is 11.1 Å². The lowest BCUT2D eigenvalue weighted by Gasteiger charge is -2.14. The third kappa shape index (κ3) is 4.27. The molecule has 3 nitrogen and oxygen atoms in total. The molecule has 0 fully saturated rings. The van der Waals surface area contributed by atoms with Gasteiger partial charge in [-0.15, -0.1) is 0 Å². The molecule has 0 heterocycles. The number of carbonyl (C=O) groups is 1. The normalized spacial score (nSPS) is 15.6. The first-order valence-electron chi connectivity index (χ1n) is 3.78. The maximum absolute atomic E-state index is 11.1. The number of nitrogens with one attached hydrogen (secondary N) is 1. The van der Waals surface area contributed by atoms with Crippen LogP contribution in [0.3, 0.4) is 0 Å². The quantitative estimate of drug-likeness (QED) is 0.534. The van der Waals surface area contributed by atoms with E-state index in [9.17, 15) is 4.79 Å². The smallest absolute Gasteiger partial charge is 0.237 e. The van der Waals surface area contributed by atoms with Crippen LogP contribution in [0.4, 0.5) is 0 Å². The fourth-order valence-corrected chi connectivity index (χ4v) is 0.701. The standard InChI is InChI=1S/C7H16N2OS/c1-3-5(2)9-7(10)6(8)4-11/h5-6,11H,3-4,8H2,1-2H3,(H,9,10). The van der Waals surface area contributed by atoms with Crippen molar-refractivity contribution in [1.82, 2.24) is 5.32 Å². The number of hydrogen-bond donors (Lipinski definition) is 3. The van der Waals surface area contributed by atoms with Crippen LogP contribution in [-0.2, 0) is 4.79 Å². The summed E-state index contributed by atoms with van der Waals surface area (Å²) in [6.45, 7) is 3.96. The Labute approximate surface area is 73.1 Å². The van der Waals surface area contributed by atoms with Crippen LogP contribution in [0, 0.1) is 0 Å². The molecule has 0 bridgehead atoms. The Balaban J connectivity index is 3.68. The summed E-state index contributed by atoms with van der Waals surface area (Å²) in [7, 11) is 0. The van der Waals surface area contributed by atoms with E-state index in [2.05, 4.69) is 17.9 Å². The molecule has 3 N–H and O–H groups in total. The lowest BCUT2D eigenvalue weighted by Crippen LogP contribution is -2.45.